The van der Waals surface area contributed by atoms with Gasteiger partial charge in [-0.2, -0.15) is 0 Å². The lowest BCUT2D eigenvalue weighted by Crippen LogP contribution is -2.14. The lowest BCUT2D eigenvalue weighted by Gasteiger charge is -2.06. The van der Waals surface area contributed by atoms with Crippen LogP contribution in [0.3, 0.4) is 0 Å². The van der Waals surface area contributed by atoms with Crippen molar-refractivity contribution in [3.63, 3.8) is 0 Å². The molecule has 0 aliphatic carbocycles. The summed E-state index contributed by atoms with van der Waals surface area (Å²) in [4.78, 5) is 22.7. The molecule has 0 bridgehead atoms. The van der Waals surface area contributed by atoms with Crippen molar-refractivity contribution in [1.29, 1.82) is 0 Å². The van der Waals surface area contributed by atoms with Gasteiger partial charge in [0.1, 0.15) is 11.3 Å². The Labute approximate surface area is 121 Å². The van der Waals surface area contributed by atoms with Gasteiger partial charge in [-0.1, -0.05) is 18.1 Å². The molecule has 1 N–H and O–H groups in total. The van der Waals surface area contributed by atoms with E-state index in [1.165, 1.54) is 6.07 Å². The summed E-state index contributed by atoms with van der Waals surface area (Å²) in [5.41, 5.74) is 1.80. The Bertz CT molecular complexity index is 706. The number of hydrogen-bond donors (Lipinski definition) is 1. The molecule has 0 atom stereocenters. The summed E-state index contributed by atoms with van der Waals surface area (Å²) in [6, 6.07) is 4.55. The number of nitrogens with zero attached hydrogens (tertiary/aromatic N) is 2. The van der Waals surface area contributed by atoms with Gasteiger partial charge in [0.05, 0.1) is 10.6 Å². The molecule has 0 saturated heterocycles. The average molecular weight is 289 g/mol. The molecule has 0 radical (unpaired) electrons. The summed E-state index contributed by atoms with van der Waals surface area (Å²) in [7, 11) is 0. The molecular weight excluding hydrogens is 274 g/mol. The van der Waals surface area contributed by atoms with Crippen LogP contribution in [0, 0.1) is 24.0 Å². The fourth-order valence-electron chi connectivity index (χ4n) is 2.03. The predicted octanol–water partition coefficient (Wildman–Crippen LogP) is 3.01. The molecule has 2 rings (SSSR count). The summed E-state index contributed by atoms with van der Waals surface area (Å²) in [6.07, 6.45) is 0.564. The maximum absolute atomic E-state index is 12.3. The van der Waals surface area contributed by atoms with E-state index < -0.39 is 4.92 Å². The molecule has 1 aromatic carbocycles. The molecule has 0 fully saturated rings. The van der Waals surface area contributed by atoms with E-state index in [1.54, 1.807) is 26.0 Å². The van der Waals surface area contributed by atoms with Gasteiger partial charge < -0.3 is 9.84 Å². The molecule has 2 aromatic rings. The number of nitro benzene ring substituents is 1. The van der Waals surface area contributed by atoms with Gasteiger partial charge in [-0.15, -0.1) is 0 Å². The van der Waals surface area contributed by atoms with Gasteiger partial charge in [-0.3, -0.25) is 14.9 Å². The number of amides is 1. The summed E-state index contributed by atoms with van der Waals surface area (Å²) in [5.74, 6) is 0.0368. The Hall–Kier alpha value is -2.70. The van der Waals surface area contributed by atoms with Crippen LogP contribution in [0.1, 0.15) is 34.3 Å². The zero-order valence-electron chi connectivity index (χ0n) is 12.0. The van der Waals surface area contributed by atoms with E-state index in [-0.39, 0.29) is 11.6 Å². The number of hydrogen-bond acceptors (Lipinski definition) is 5. The molecule has 1 aromatic heterocycles. The monoisotopic (exact) mass is 289 g/mol. The molecule has 7 heteroatoms. The first-order chi connectivity index (χ1) is 9.93. The van der Waals surface area contributed by atoms with Crippen molar-refractivity contribution in [1.82, 2.24) is 5.16 Å². The van der Waals surface area contributed by atoms with Crippen LogP contribution in [0.25, 0.3) is 0 Å². The molecule has 110 valence electrons. The van der Waals surface area contributed by atoms with E-state index in [4.69, 9.17) is 4.52 Å². The van der Waals surface area contributed by atoms with Crippen LogP contribution in [0.2, 0.25) is 0 Å². The van der Waals surface area contributed by atoms with Gasteiger partial charge in [-0.25, -0.2) is 0 Å². The van der Waals surface area contributed by atoms with Crippen LogP contribution in [0.5, 0.6) is 0 Å². The largest absolute Gasteiger partial charge is 0.361 e. The number of anilines is 1. The van der Waals surface area contributed by atoms with Gasteiger partial charge in [0.25, 0.3) is 11.6 Å². The number of benzene rings is 1. The Morgan fingerprint density at radius 3 is 2.76 bits per heavy atom. The number of aryl methyl sites for hydroxylation is 3. The molecule has 21 heavy (non-hydrogen) atoms. The summed E-state index contributed by atoms with van der Waals surface area (Å²) in [5, 5.41) is 17.4. The van der Waals surface area contributed by atoms with Crippen molar-refractivity contribution in [2.24, 2.45) is 0 Å². The third-order valence-corrected chi connectivity index (χ3v) is 3.16. The number of carbonyl (C=O) groups is 1. The Balaban J connectivity index is 2.30. The maximum atomic E-state index is 12.3. The van der Waals surface area contributed by atoms with E-state index in [0.29, 0.717) is 34.7 Å². The van der Waals surface area contributed by atoms with Gasteiger partial charge in [0, 0.05) is 17.3 Å². The highest BCUT2D eigenvalue weighted by atomic mass is 16.6. The van der Waals surface area contributed by atoms with Crippen molar-refractivity contribution in [2.75, 3.05) is 5.32 Å². The Morgan fingerprint density at radius 2 is 2.14 bits per heavy atom. The van der Waals surface area contributed by atoms with Crippen molar-refractivity contribution < 1.29 is 14.2 Å². The first kappa shape index (κ1) is 14.7. The van der Waals surface area contributed by atoms with E-state index in [1.807, 2.05) is 6.92 Å². The van der Waals surface area contributed by atoms with E-state index in [2.05, 4.69) is 10.5 Å². The normalized spacial score (nSPS) is 10.4. The third-order valence-electron chi connectivity index (χ3n) is 3.16. The predicted molar refractivity (Wildman–Crippen MR) is 76.4 cm³/mol. The van der Waals surface area contributed by atoms with Gasteiger partial charge in [-0.05, 0) is 26.3 Å². The van der Waals surface area contributed by atoms with Gasteiger partial charge in [0.15, 0.2) is 0 Å². The maximum Gasteiger partial charge on any atom is 0.274 e. The minimum absolute atomic E-state index is 0.0365. The summed E-state index contributed by atoms with van der Waals surface area (Å²) < 4.78 is 5.01. The molecule has 0 spiro atoms. The summed E-state index contributed by atoms with van der Waals surface area (Å²) >= 11 is 0. The van der Waals surface area contributed by atoms with E-state index in [0.717, 1.165) is 0 Å². The van der Waals surface area contributed by atoms with E-state index in [9.17, 15) is 14.9 Å². The fraction of sp³-hybridized carbons (Fsp3) is 0.286. The minimum atomic E-state index is -0.479. The Morgan fingerprint density at radius 1 is 1.43 bits per heavy atom. The highest BCUT2D eigenvalue weighted by Crippen LogP contribution is 2.23. The van der Waals surface area contributed by atoms with Crippen LogP contribution in [-0.4, -0.2) is 16.0 Å². The Kier molecular flexibility index (Phi) is 4.02. The number of nitro groups is 1. The molecule has 0 unspecified atom stereocenters. The number of carbonyl (C=O) groups excluding carboxylic acids is 1. The zero-order valence-corrected chi connectivity index (χ0v) is 12.0. The lowest BCUT2D eigenvalue weighted by atomic mass is 10.1. The number of nitrogens with one attached hydrogen (secondary N) is 1. The first-order valence-corrected chi connectivity index (χ1v) is 6.45. The molecule has 0 saturated carbocycles. The molecule has 1 amide bonds. The van der Waals surface area contributed by atoms with E-state index >= 15 is 0 Å². The van der Waals surface area contributed by atoms with Crippen molar-refractivity contribution in [3.8, 4) is 0 Å². The quantitative estimate of drug-likeness (QED) is 0.689. The summed E-state index contributed by atoms with van der Waals surface area (Å²) in [6.45, 7) is 5.16. The molecule has 0 aliphatic rings. The van der Waals surface area contributed by atoms with Gasteiger partial charge >= 0.3 is 0 Å². The SMILES string of the molecule is CCc1noc(C)c1C(=O)Nc1ccc(C)c([N+](=O)[O-])c1. The fourth-order valence-corrected chi connectivity index (χ4v) is 2.03. The second-order valence-electron chi connectivity index (χ2n) is 4.63. The van der Waals surface area contributed by atoms with Gasteiger partial charge in [0.2, 0.25) is 0 Å². The smallest absolute Gasteiger partial charge is 0.274 e. The standard InChI is InChI=1S/C14H15N3O4/c1-4-11-13(9(3)21-16-11)14(18)15-10-6-5-8(2)12(7-10)17(19)20/h5-7H,4H2,1-3H3,(H,15,18). The first-order valence-electron chi connectivity index (χ1n) is 6.45. The number of rotatable bonds is 4. The highest BCUT2D eigenvalue weighted by molar-refractivity contribution is 6.05. The van der Waals surface area contributed by atoms with Crippen molar-refractivity contribution >= 4 is 17.3 Å². The second-order valence-corrected chi connectivity index (χ2v) is 4.63. The lowest BCUT2D eigenvalue weighted by molar-refractivity contribution is -0.385. The molecule has 0 aliphatic heterocycles. The topological polar surface area (TPSA) is 98.3 Å². The van der Waals surface area contributed by atoms with Crippen LogP contribution < -0.4 is 5.32 Å². The molecular formula is C14H15N3O4. The van der Waals surface area contributed by atoms with Crippen molar-refractivity contribution in [3.05, 3.63) is 50.9 Å². The molecule has 7 nitrogen and oxygen atoms in total. The molecule has 1 heterocycles. The van der Waals surface area contributed by atoms with Crippen LogP contribution in [0.15, 0.2) is 22.7 Å². The zero-order chi connectivity index (χ0) is 15.6. The van der Waals surface area contributed by atoms with Crippen LogP contribution in [-0.2, 0) is 6.42 Å². The second kappa shape index (κ2) is 5.74. The third kappa shape index (κ3) is 2.91. The highest BCUT2D eigenvalue weighted by Gasteiger charge is 2.20. The van der Waals surface area contributed by atoms with Crippen LogP contribution in [0.4, 0.5) is 11.4 Å². The number of aromatic nitrogens is 1. The minimum Gasteiger partial charge on any atom is -0.361 e. The van der Waals surface area contributed by atoms with Crippen LogP contribution >= 0.6 is 0 Å². The van der Waals surface area contributed by atoms with Crippen molar-refractivity contribution in [2.45, 2.75) is 27.2 Å². The average Bonchev–Trinajstić information content (AvgIpc) is 2.81.